The first kappa shape index (κ1) is 11.5. The SMILES string of the molecule is CC(O)NC(C)O.[Zr]. The van der Waals surface area contributed by atoms with Crippen LogP contribution in [0.1, 0.15) is 13.8 Å². The van der Waals surface area contributed by atoms with Crippen LogP contribution in [0.5, 0.6) is 0 Å². The fraction of sp³-hybridized carbons (Fsp3) is 1.00. The van der Waals surface area contributed by atoms with Crippen molar-refractivity contribution in [3.63, 3.8) is 0 Å². The van der Waals surface area contributed by atoms with Gasteiger partial charge in [0.25, 0.3) is 0 Å². The molecule has 0 rings (SSSR count). The summed E-state index contributed by atoms with van der Waals surface area (Å²) >= 11 is 0. The van der Waals surface area contributed by atoms with Gasteiger partial charge in [0, 0.05) is 26.2 Å². The van der Waals surface area contributed by atoms with E-state index in [0.29, 0.717) is 0 Å². The van der Waals surface area contributed by atoms with Crippen LogP contribution in [0.15, 0.2) is 0 Å². The summed E-state index contributed by atoms with van der Waals surface area (Å²) in [5.41, 5.74) is 0. The van der Waals surface area contributed by atoms with Gasteiger partial charge in [0.2, 0.25) is 0 Å². The maximum absolute atomic E-state index is 8.45. The fourth-order valence-corrected chi connectivity index (χ4v) is 0.349. The van der Waals surface area contributed by atoms with E-state index in [9.17, 15) is 0 Å². The standard InChI is InChI=1S/C4H11NO2.Zr/c1-3(6)5-4(2)7;/h3-7H,1-2H3;. The van der Waals surface area contributed by atoms with E-state index in [-0.39, 0.29) is 26.2 Å². The summed E-state index contributed by atoms with van der Waals surface area (Å²) in [6.07, 6.45) is -1.25. The molecule has 0 aliphatic carbocycles. The molecular weight excluding hydrogens is 185 g/mol. The van der Waals surface area contributed by atoms with E-state index in [0.717, 1.165) is 0 Å². The average molecular weight is 196 g/mol. The summed E-state index contributed by atoms with van der Waals surface area (Å²) in [5.74, 6) is 0. The molecule has 0 aromatic rings. The van der Waals surface area contributed by atoms with E-state index in [4.69, 9.17) is 10.2 Å². The molecule has 0 fully saturated rings. The van der Waals surface area contributed by atoms with Crippen LogP contribution in [0.25, 0.3) is 0 Å². The Kier molecular flexibility index (Phi) is 8.50. The van der Waals surface area contributed by atoms with Crippen molar-refractivity contribution in [2.45, 2.75) is 26.3 Å². The van der Waals surface area contributed by atoms with Crippen LogP contribution in [-0.2, 0) is 26.2 Å². The smallest absolute Gasteiger partial charge is 0.103 e. The summed E-state index contributed by atoms with van der Waals surface area (Å²) in [7, 11) is 0. The van der Waals surface area contributed by atoms with E-state index in [1.54, 1.807) is 13.8 Å². The number of hydrogen-bond donors (Lipinski definition) is 3. The zero-order valence-electron chi connectivity index (χ0n) is 5.05. The third-order valence-electron chi connectivity index (χ3n) is 0.482. The van der Waals surface area contributed by atoms with Gasteiger partial charge >= 0.3 is 0 Å². The van der Waals surface area contributed by atoms with E-state index in [1.165, 1.54) is 0 Å². The van der Waals surface area contributed by atoms with Gasteiger partial charge in [-0.1, -0.05) is 0 Å². The minimum Gasteiger partial charge on any atom is -0.379 e. The van der Waals surface area contributed by atoms with Crippen LogP contribution in [0.4, 0.5) is 0 Å². The molecule has 0 radical (unpaired) electrons. The molecule has 0 bridgehead atoms. The van der Waals surface area contributed by atoms with Crippen LogP contribution in [0.3, 0.4) is 0 Å². The van der Waals surface area contributed by atoms with Crippen LogP contribution >= 0.6 is 0 Å². The number of aliphatic hydroxyl groups is 2. The van der Waals surface area contributed by atoms with Crippen molar-refractivity contribution < 1.29 is 36.4 Å². The van der Waals surface area contributed by atoms with Crippen LogP contribution in [0.2, 0.25) is 0 Å². The number of aliphatic hydroxyl groups excluding tert-OH is 2. The molecule has 0 saturated heterocycles. The summed E-state index contributed by atoms with van der Waals surface area (Å²) in [6.45, 7) is 3.10. The molecule has 8 heavy (non-hydrogen) atoms. The normalized spacial score (nSPS) is 16.5. The number of hydrogen-bond acceptors (Lipinski definition) is 3. The van der Waals surface area contributed by atoms with Gasteiger partial charge in [-0.3, -0.25) is 5.32 Å². The predicted octanol–water partition coefficient (Wildman–Crippen LogP) is -0.750. The third kappa shape index (κ3) is 9.90. The van der Waals surface area contributed by atoms with Crippen molar-refractivity contribution in [3.8, 4) is 0 Å². The minimum atomic E-state index is -0.625. The Balaban J connectivity index is 0. The monoisotopic (exact) mass is 195 g/mol. The first-order valence-electron chi connectivity index (χ1n) is 2.25. The van der Waals surface area contributed by atoms with E-state index in [1.807, 2.05) is 0 Å². The summed E-state index contributed by atoms with van der Waals surface area (Å²) in [6, 6.07) is 0. The van der Waals surface area contributed by atoms with Crippen molar-refractivity contribution in [3.05, 3.63) is 0 Å². The van der Waals surface area contributed by atoms with Gasteiger partial charge in [0.05, 0.1) is 0 Å². The molecule has 0 saturated carbocycles. The van der Waals surface area contributed by atoms with Crippen molar-refractivity contribution in [1.29, 1.82) is 0 Å². The molecule has 48 valence electrons. The minimum absolute atomic E-state index is 0. The summed E-state index contributed by atoms with van der Waals surface area (Å²) in [5, 5.41) is 19.3. The van der Waals surface area contributed by atoms with Gasteiger partial charge < -0.3 is 10.2 Å². The quantitative estimate of drug-likeness (QED) is 0.510. The molecular formula is C4H11NO2Zr. The van der Waals surface area contributed by atoms with E-state index >= 15 is 0 Å². The Labute approximate surface area is 68.2 Å². The van der Waals surface area contributed by atoms with Gasteiger partial charge in [-0.25, -0.2) is 0 Å². The zero-order valence-corrected chi connectivity index (χ0v) is 7.51. The third-order valence-corrected chi connectivity index (χ3v) is 0.482. The second-order valence-electron chi connectivity index (χ2n) is 1.52. The Hall–Kier alpha value is 0.763. The molecule has 3 nitrogen and oxygen atoms in total. The number of nitrogens with one attached hydrogen (secondary N) is 1. The Morgan fingerprint density at radius 2 is 1.38 bits per heavy atom. The molecule has 3 N–H and O–H groups in total. The maximum atomic E-state index is 8.45. The molecule has 0 spiro atoms. The molecule has 0 amide bonds. The van der Waals surface area contributed by atoms with Crippen molar-refractivity contribution in [2.24, 2.45) is 0 Å². The van der Waals surface area contributed by atoms with Gasteiger partial charge in [0.1, 0.15) is 12.5 Å². The van der Waals surface area contributed by atoms with Gasteiger partial charge in [-0.15, -0.1) is 0 Å². The van der Waals surface area contributed by atoms with E-state index in [2.05, 4.69) is 5.32 Å². The van der Waals surface area contributed by atoms with Crippen LogP contribution in [-0.4, -0.2) is 22.7 Å². The van der Waals surface area contributed by atoms with Gasteiger partial charge in [-0.05, 0) is 13.8 Å². The van der Waals surface area contributed by atoms with Crippen LogP contribution < -0.4 is 5.32 Å². The van der Waals surface area contributed by atoms with E-state index < -0.39 is 12.5 Å². The summed E-state index contributed by atoms with van der Waals surface area (Å²) in [4.78, 5) is 0. The van der Waals surface area contributed by atoms with Crippen LogP contribution in [0, 0.1) is 0 Å². The Bertz CT molecular complexity index is 43.3. The Morgan fingerprint density at radius 1 is 1.12 bits per heavy atom. The molecule has 0 heterocycles. The molecule has 0 aliphatic heterocycles. The second kappa shape index (κ2) is 5.89. The maximum Gasteiger partial charge on any atom is 0.103 e. The molecule has 0 aliphatic rings. The largest absolute Gasteiger partial charge is 0.379 e. The zero-order chi connectivity index (χ0) is 5.86. The average Bonchev–Trinajstić information content (AvgIpc) is 1.27. The van der Waals surface area contributed by atoms with Crippen molar-refractivity contribution >= 4 is 0 Å². The summed E-state index contributed by atoms with van der Waals surface area (Å²) < 4.78 is 0. The predicted molar refractivity (Wildman–Crippen MR) is 26.5 cm³/mol. The molecule has 2 atom stereocenters. The molecule has 4 heteroatoms. The second-order valence-corrected chi connectivity index (χ2v) is 1.52. The topological polar surface area (TPSA) is 52.5 Å². The van der Waals surface area contributed by atoms with Crippen molar-refractivity contribution in [2.75, 3.05) is 0 Å². The molecule has 0 aromatic heterocycles. The first-order chi connectivity index (χ1) is 3.13. The molecule has 0 aromatic carbocycles. The van der Waals surface area contributed by atoms with Gasteiger partial charge in [0.15, 0.2) is 0 Å². The Morgan fingerprint density at radius 3 is 1.38 bits per heavy atom. The van der Waals surface area contributed by atoms with Gasteiger partial charge in [-0.2, -0.15) is 0 Å². The van der Waals surface area contributed by atoms with Crippen molar-refractivity contribution in [1.82, 2.24) is 5.32 Å². The first-order valence-corrected chi connectivity index (χ1v) is 2.25. The molecule has 2 unspecified atom stereocenters. The fourth-order valence-electron chi connectivity index (χ4n) is 0.349. The number of rotatable bonds is 2.